The molecular formula is C19H31N5O2. The first-order chi connectivity index (χ1) is 12.5. The Bertz CT molecular complexity index is 580. The second-order valence-electron chi connectivity index (χ2n) is 7.04. The van der Waals surface area contributed by atoms with Gasteiger partial charge in [-0.25, -0.2) is 4.79 Å². The minimum Gasteiger partial charge on any atom is -0.378 e. The van der Waals surface area contributed by atoms with Crippen molar-refractivity contribution in [1.82, 2.24) is 15.5 Å². The SMILES string of the molecule is CN(C)c1ccc(CNC(=O)NCCCN2CCC(C(N)=O)CC2)cc1. The van der Waals surface area contributed by atoms with Gasteiger partial charge in [0, 0.05) is 38.8 Å². The van der Waals surface area contributed by atoms with Crippen LogP contribution >= 0.6 is 0 Å². The lowest BCUT2D eigenvalue weighted by Gasteiger charge is -2.30. The van der Waals surface area contributed by atoms with E-state index < -0.39 is 0 Å². The zero-order chi connectivity index (χ0) is 18.9. The van der Waals surface area contributed by atoms with E-state index in [1.807, 2.05) is 43.3 Å². The lowest BCUT2D eigenvalue weighted by molar-refractivity contribution is -0.123. The number of hydrogen-bond acceptors (Lipinski definition) is 4. The van der Waals surface area contributed by atoms with Crippen LogP contribution in [0, 0.1) is 5.92 Å². The number of nitrogens with zero attached hydrogens (tertiary/aromatic N) is 2. The van der Waals surface area contributed by atoms with Crippen LogP contribution in [0.4, 0.5) is 10.5 Å². The molecule has 26 heavy (non-hydrogen) atoms. The molecule has 1 fully saturated rings. The number of rotatable bonds is 8. The Morgan fingerprint density at radius 1 is 1.15 bits per heavy atom. The Labute approximate surface area is 155 Å². The summed E-state index contributed by atoms with van der Waals surface area (Å²) < 4.78 is 0. The summed E-state index contributed by atoms with van der Waals surface area (Å²) in [7, 11) is 4.00. The maximum Gasteiger partial charge on any atom is 0.315 e. The average molecular weight is 361 g/mol. The molecule has 4 N–H and O–H groups in total. The molecule has 0 atom stereocenters. The fourth-order valence-corrected chi connectivity index (χ4v) is 3.10. The molecule has 3 amide bonds. The van der Waals surface area contributed by atoms with Gasteiger partial charge in [0.1, 0.15) is 0 Å². The molecule has 0 aliphatic carbocycles. The number of urea groups is 1. The van der Waals surface area contributed by atoms with Crippen LogP contribution in [0.5, 0.6) is 0 Å². The van der Waals surface area contributed by atoms with Crippen molar-refractivity contribution in [2.45, 2.75) is 25.8 Å². The molecule has 0 aromatic heterocycles. The van der Waals surface area contributed by atoms with Gasteiger partial charge in [0.2, 0.25) is 5.91 Å². The topological polar surface area (TPSA) is 90.7 Å². The fraction of sp³-hybridized carbons (Fsp3) is 0.579. The van der Waals surface area contributed by atoms with Crippen LogP contribution < -0.4 is 21.3 Å². The minimum absolute atomic E-state index is 0.0296. The summed E-state index contributed by atoms with van der Waals surface area (Å²) >= 11 is 0. The van der Waals surface area contributed by atoms with E-state index in [2.05, 4.69) is 15.5 Å². The zero-order valence-electron chi connectivity index (χ0n) is 15.8. The number of primary amides is 1. The smallest absolute Gasteiger partial charge is 0.315 e. The van der Waals surface area contributed by atoms with Crippen molar-refractivity contribution in [1.29, 1.82) is 0 Å². The predicted molar refractivity (Wildman–Crippen MR) is 104 cm³/mol. The molecule has 0 saturated carbocycles. The third kappa shape index (κ3) is 6.55. The third-order valence-corrected chi connectivity index (χ3v) is 4.83. The van der Waals surface area contributed by atoms with Crippen molar-refractivity contribution in [3.63, 3.8) is 0 Å². The van der Waals surface area contributed by atoms with Crippen LogP contribution in [0.2, 0.25) is 0 Å². The van der Waals surface area contributed by atoms with Crippen LogP contribution in [0.3, 0.4) is 0 Å². The van der Waals surface area contributed by atoms with Crippen LogP contribution in [0.25, 0.3) is 0 Å². The van der Waals surface area contributed by atoms with E-state index in [1.54, 1.807) is 0 Å². The molecule has 2 rings (SSSR count). The summed E-state index contributed by atoms with van der Waals surface area (Å²) in [6.07, 6.45) is 2.58. The van der Waals surface area contributed by atoms with Crippen LogP contribution in [-0.4, -0.2) is 57.1 Å². The summed E-state index contributed by atoms with van der Waals surface area (Å²) in [4.78, 5) is 27.4. The van der Waals surface area contributed by atoms with E-state index in [0.29, 0.717) is 13.1 Å². The van der Waals surface area contributed by atoms with Gasteiger partial charge in [0.15, 0.2) is 0 Å². The van der Waals surface area contributed by atoms with Crippen molar-refractivity contribution < 1.29 is 9.59 Å². The first kappa shape index (κ1) is 20.0. The van der Waals surface area contributed by atoms with Gasteiger partial charge in [-0.05, 0) is 56.6 Å². The van der Waals surface area contributed by atoms with Gasteiger partial charge in [-0.1, -0.05) is 12.1 Å². The van der Waals surface area contributed by atoms with Gasteiger partial charge < -0.3 is 26.2 Å². The molecule has 1 aromatic carbocycles. The molecule has 1 aliphatic rings. The summed E-state index contributed by atoms with van der Waals surface area (Å²) in [6.45, 7) is 3.89. The second-order valence-corrected chi connectivity index (χ2v) is 7.04. The number of likely N-dealkylation sites (tertiary alicyclic amines) is 1. The first-order valence-corrected chi connectivity index (χ1v) is 9.25. The van der Waals surface area contributed by atoms with Crippen LogP contribution in [0.15, 0.2) is 24.3 Å². The van der Waals surface area contributed by atoms with Gasteiger partial charge >= 0.3 is 6.03 Å². The normalized spacial score (nSPS) is 15.5. The molecular weight excluding hydrogens is 330 g/mol. The molecule has 1 aromatic rings. The number of anilines is 1. The van der Waals surface area contributed by atoms with E-state index in [0.717, 1.165) is 50.1 Å². The summed E-state index contributed by atoms with van der Waals surface area (Å²) in [6, 6.07) is 7.97. The highest BCUT2D eigenvalue weighted by molar-refractivity contribution is 5.76. The fourth-order valence-electron chi connectivity index (χ4n) is 3.10. The molecule has 0 unspecified atom stereocenters. The van der Waals surface area contributed by atoms with Crippen LogP contribution in [0.1, 0.15) is 24.8 Å². The predicted octanol–water partition coefficient (Wildman–Crippen LogP) is 1.14. The molecule has 1 aliphatic heterocycles. The molecule has 7 nitrogen and oxygen atoms in total. The van der Waals surface area contributed by atoms with Gasteiger partial charge in [0.25, 0.3) is 0 Å². The zero-order valence-corrected chi connectivity index (χ0v) is 15.8. The van der Waals surface area contributed by atoms with Gasteiger partial charge in [0.05, 0.1) is 0 Å². The summed E-state index contributed by atoms with van der Waals surface area (Å²) in [5.74, 6) is -0.152. The highest BCUT2D eigenvalue weighted by Gasteiger charge is 2.22. The van der Waals surface area contributed by atoms with Crippen molar-refractivity contribution in [3.05, 3.63) is 29.8 Å². The third-order valence-electron chi connectivity index (χ3n) is 4.83. The lowest BCUT2D eigenvalue weighted by atomic mass is 9.96. The number of nitrogens with one attached hydrogen (secondary N) is 2. The highest BCUT2D eigenvalue weighted by atomic mass is 16.2. The Morgan fingerprint density at radius 3 is 2.38 bits per heavy atom. The van der Waals surface area contributed by atoms with E-state index >= 15 is 0 Å². The largest absolute Gasteiger partial charge is 0.378 e. The summed E-state index contributed by atoms with van der Waals surface area (Å²) in [5.41, 5.74) is 7.55. The number of carbonyl (C=O) groups is 2. The van der Waals surface area contributed by atoms with Crippen molar-refractivity contribution in [2.24, 2.45) is 11.7 Å². The van der Waals surface area contributed by atoms with E-state index in [4.69, 9.17) is 5.73 Å². The maximum atomic E-state index is 11.9. The maximum absolute atomic E-state index is 11.9. The van der Waals surface area contributed by atoms with Gasteiger partial charge in [-0.2, -0.15) is 0 Å². The van der Waals surface area contributed by atoms with Gasteiger partial charge in [-0.15, -0.1) is 0 Å². The minimum atomic E-state index is -0.181. The number of benzene rings is 1. The van der Waals surface area contributed by atoms with E-state index in [9.17, 15) is 9.59 Å². The Balaban J connectivity index is 1.56. The summed E-state index contributed by atoms with van der Waals surface area (Å²) in [5, 5.41) is 5.77. The first-order valence-electron chi connectivity index (χ1n) is 9.25. The molecule has 0 bridgehead atoms. The monoisotopic (exact) mass is 361 g/mol. The lowest BCUT2D eigenvalue weighted by Crippen LogP contribution is -2.40. The number of hydrogen-bond donors (Lipinski definition) is 3. The van der Waals surface area contributed by atoms with Gasteiger partial charge in [-0.3, -0.25) is 4.79 Å². The Kier molecular flexibility index (Phi) is 7.72. The molecule has 1 heterocycles. The van der Waals surface area contributed by atoms with Crippen molar-refractivity contribution >= 4 is 17.6 Å². The standard InChI is InChI=1S/C19H31N5O2/c1-23(2)17-6-4-15(5-7-17)14-22-19(26)21-10-3-11-24-12-8-16(9-13-24)18(20)25/h4-7,16H,3,8-14H2,1-2H3,(H2,20,25)(H2,21,22,26). The van der Waals surface area contributed by atoms with E-state index in [-0.39, 0.29) is 17.9 Å². The molecule has 0 radical (unpaired) electrons. The molecule has 0 spiro atoms. The Hall–Kier alpha value is -2.28. The second kappa shape index (κ2) is 10.0. The number of nitrogens with two attached hydrogens (primary N) is 1. The molecule has 7 heteroatoms. The van der Waals surface area contributed by atoms with Crippen LogP contribution in [-0.2, 0) is 11.3 Å². The van der Waals surface area contributed by atoms with E-state index in [1.165, 1.54) is 0 Å². The number of carbonyl (C=O) groups excluding carboxylic acids is 2. The average Bonchev–Trinajstić information content (AvgIpc) is 2.64. The number of piperidine rings is 1. The Morgan fingerprint density at radius 2 is 1.81 bits per heavy atom. The quantitative estimate of drug-likeness (QED) is 0.606. The highest BCUT2D eigenvalue weighted by Crippen LogP contribution is 2.16. The molecule has 1 saturated heterocycles. The molecule has 144 valence electrons. The van der Waals surface area contributed by atoms with Crippen molar-refractivity contribution in [3.8, 4) is 0 Å². The van der Waals surface area contributed by atoms with Crippen molar-refractivity contribution in [2.75, 3.05) is 45.2 Å². The number of amides is 3.